The van der Waals surface area contributed by atoms with E-state index in [0.717, 1.165) is 18.8 Å². The van der Waals surface area contributed by atoms with E-state index < -0.39 is 17.6 Å². The molecule has 0 atom stereocenters. The van der Waals surface area contributed by atoms with E-state index in [-0.39, 0.29) is 18.8 Å². The molecule has 0 bridgehead atoms. The second-order valence-corrected chi connectivity index (χ2v) is 7.29. The van der Waals surface area contributed by atoms with Crippen LogP contribution in [0.25, 0.3) is 0 Å². The van der Waals surface area contributed by atoms with Crippen molar-refractivity contribution in [1.82, 2.24) is 0 Å². The molecule has 2 aliphatic rings. The van der Waals surface area contributed by atoms with Gasteiger partial charge in [0.15, 0.2) is 5.41 Å². The van der Waals surface area contributed by atoms with Gasteiger partial charge >= 0.3 is 12.1 Å². The van der Waals surface area contributed by atoms with Crippen molar-refractivity contribution in [2.75, 3.05) is 0 Å². The topological polar surface area (TPSA) is 37.3 Å². The predicted molar refractivity (Wildman–Crippen MR) is 78.4 cm³/mol. The Labute approximate surface area is 130 Å². The quantitative estimate of drug-likeness (QED) is 0.751. The SMILES string of the molecule is CCCC1CCC(C2CCC(C(=O)O)(C(F)(F)F)CC2)CC1. The molecule has 2 nitrogen and oxygen atoms in total. The van der Waals surface area contributed by atoms with Gasteiger partial charge in [0.1, 0.15) is 0 Å². The molecule has 2 aliphatic carbocycles. The number of hydrogen-bond donors (Lipinski definition) is 1. The Bertz CT molecular complexity index is 376. The molecule has 0 aromatic heterocycles. The molecule has 2 rings (SSSR count). The Hall–Kier alpha value is -0.740. The van der Waals surface area contributed by atoms with E-state index in [2.05, 4.69) is 6.92 Å². The third-order valence-corrected chi connectivity index (χ3v) is 6.09. The van der Waals surface area contributed by atoms with Crippen LogP contribution in [0.15, 0.2) is 0 Å². The molecule has 0 saturated heterocycles. The molecular formula is C17H27F3O2. The Balaban J connectivity index is 1.91. The van der Waals surface area contributed by atoms with Gasteiger partial charge in [0.05, 0.1) is 0 Å². The summed E-state index contributed by atoms with van der Waals surface area (Å²) < 4.78 is 39.5. The van der Waals surface area contributed by atoms with Crippen LogP contribution in [0.2, 0.25) is 0 Å². The Morgan fingerprint density at radius 1 is 1.05 bits per heavy atom. The fraction of sp³-hybridized carbons (Fsp3) is 0.941. The van der Waals surface area contributed by atoms with Gasteiger partial charge in [-0.1, -0.05) is 32.6 Å². The first-order chi connectivity index (χ1) is 10.3. The fourth-order valence-electron chi connectivity index (χ4n) is 4.58. The lowest BCUT2D eigenvalue weighted by Gasteiger charge is -2.42. The van der Waals surface area contributed by atoms with Crippen molar-refractivity contribution < 1.29 is 23.1 Å². The molecule has 0 heterocycles. The first-order valence-electron chi connectivity index (χ1n) is 8.60. The third-order valence-electron chi connectivity index (χ3n) is 6.09. The molecule has 0 aromatic carbocycles. The zero-order valence-corrected chi connectivity index (χ0v) is 13.3. The van der Waals surface area contributed by atoms with Crippen LogP contribution in [0, 0.1) is 23.2 Å². The summed E-state index contributed by atoms with van der Waals surface area (Å²) >= 11 is 0. The Kier molecular flexibility index (Phi) is 5.44. The molecule has 0 spiro atoms. The van der Waals surface area contributed by atoms with Crippen LogP contribution < -0.4 is 0 Å². The highest BCUT2D eigenvalue weighted by Gasteiger charge is 2.61. The van der Waals surface area contributed by atoms with Gasteiger partial charge in [0.2, 0.25) is 0 Å². The van der Waals surface area contributed by atoms with E-state index >= 15 is 0 Å². The maximum absolute atomic E-state index is 13.2. The summed E-state index contributed by atoms with van der Waals surface area (Å²) in [6.45, 7) is 2.19. The zero-order valence-electron chi connectivity index (χ0n) is 13.3. The van der Waals surface area contributed by atoms with Crippen molar-refractivity contribution in [2.45, 2.75) is 77.3 Å². The molecule has 0 unspecified atom stereocenters. The molecular weight excluding hydrogens is 293 g/mol. The third kappa shape index (κ3) is 3.43. The number of aliphatic carboxylic acids is 1. The van der Waals surface area contributed by atoms with Gasteiger partial charge in [-0.05, 0) is 56.3 Å². The summed E-state index contributed by atoms with van der Waals surface area (Å²) in [4.78, 5) is 11.2. The minimum Gasteiger partial charge on any atom is -0.481 e. The Morgan fingerprint density at radius 3 is 1.95 bits per heavy atom. The van der Waals surface area contributed by atoms with Crippen molar-refractivity contribution in [3.05, 3.63) is 0 Å². The highest BCUT2D eigenvalue weighted by Crippen LogP contribution is 2.53. The molecule has 0 aromatic rings. The number of carboxylic acids is 1. The van der Waals surface area contributed by atoms with Crippen LogP contribution in [-0.2, 0) is 4.79 Å². The minimum absolute atomic E-state index is 0.245. The highest BCUT2D eigenvalue weighted by molar-refractivity contribution is 5.75. The molecule has 2 saturated carbocycles. The van der Waals surface area contributed by atoms with E-state index in [1.54, 1.807) is 0 Å². The lowest BCUT2D eigenvalue weighted by Crippen LogP contribution is -2.48. The van der Waals surface area contributed by atoms with Gasteiger partial charge in [-0.15, -0.1) is 0 Å². The summed E-state index contributed by atoms with van der Waals surface area (Å²) in [6, 6.07) is 0. The van der Waals surface area contributed by atoms with E-state index in [1.165, 1.54) is 25.7 Å². The van der Waals surface area contributed by atoms with E-state index in [1.807, 2.05) is 0 Å². The van der Waals surface area contributed by atoms with Gasteiger partial charge < -0.3 is 5.11 Å². The second kappa shape index (κ2) is 6.79. The van der Waals surface area contributed by atoms with Crippen LogP contribution in [-0.4, -0.2) is 17.3 Å². The lowest BCUT2D eigenvalue weighted by molar-refractivity contribution is -0.242. The van der Waals surface area contributed by atoms with E-state index in [4.69, 9.17) is 5.11 Å². The smallest absolute Gasteiger partial charge is 0.404 e. The van der Waals surface area contributed by atoms with Gasteiger partial charge in [-0.3, -0.25) is 4.79 Å². The molecule has 5 heteroatoms. The van der Waals surface area contributed by atoms with Gasteiger partial charge in [-0.2, -0.15) is 13.2 Å². The molecule has 0 amide bonds. The fourth-order valence-corrected chi connectivity index (χ4v) is 4.58. The maximum Gasteiger partial charge on any atom is 0.404 e. The van der Waals surface area contributed by atoms with E-state index in [9.17, 15) is 18.0 Å². The zero-order chi connectivity index (χ0) is 16.4. The van der Waals surface area contributed by atoms with E-state index in [0.29, 0.717) is 18.8 Å². The molecule has 1 N–H and O–H groups in total. The predicted octanol–water partition coefficient (Wildman–Crippen LogP) is 5.42. The van der Waals surface area contributed by atoms with Gasteiger partial charge in [0, 0.05) is 0 Å². The number of alkyl halides is 3. The number of rotatable bonds is 4. The first-order valence-corrected chi connectivity index (χ1v) is 8.60. The summed E-state index contributed by atoms with van der Waals surface area (Å²) in [5, 5.41) is 9.09. The first kappa shape index (κ1) is 17.6. The molecule has 2 fully saturated rings. The monoisotopic (exact) mass is 320 g/mol. The van der Waals surface area contributed by atoms with Gasteiger partial charge in [-0.25, -0.2) is 0 Å². The van der Waals surface area contributed by atoms with Crippen molar-refractivity contribution in [2.24, 2.45) is 23.2 Å². The van der Waals surface area contributed by atoms with Crippen LogP contribution >= 0.6 is 0 Å². The van der Waals surface area contributed by atoms with Crippen LogP contribution in [0.5, 0.6) is 0 Å². The largest absolute Gasteiger partial charge is 0.481 e. The number of carbonyl (C=O) groups is 1. The van der Waals surface area contributed by atoms with Crippen LogP contribution in [0.1, 0.15) is 71.1 Å². The maximum atomic E-state index is 13.2. The summed E-state index contributed by atoms with van der Waals surface area (Å²) in [7, 11) is 0. The minimum atomic E-state index is -4.64. The van der Waals surface area contributed by atoms with Gasteiger partial charge in [0.25, 0.3) is 0 Å². The average molecular weight is 320 g/mol. The summed E-state index contributed by atoms with van der Waals surface area (Å²) in [5.41, 5.74) is -2.50. The van der Waals surface area contributed by atoms with Crippen LogP contribution in [0.3, 0.4) is 0 Å². The average Bonchev–Trinajstić information content (AvgIpc) is 2.47. The number of halogens is 3. The van der Waals surface area contributed by atoms with Crippen LogP contribution in [0.4, 0.5) is 13.2 Å². The highest BCUT2D eigenvalue weighted by atomic mass is 19.4. The van der Waals surface area contributed by atoms with Crippen molar-refractivity contribution >= 4 is 5.97 Å². The summed E-state index contributed by atoms with van der Waals surface area (Å²) in [5.74, 6) is -0.103. The number of hydrogen-bond acceptors (Lipinski definition) is 1. The lowest BCUT2D eigenvalue weighted by atomic mass is 9.64. The van der Waals surface area contributed by atoms with Crippen molar-refractivity contribution in [3.63, 3.8) is 0 Å². The Morgan fingerprint density at radius 2 is 1.55 bits per heavy atom. The number of carboxylic acid groups (broad SMARTS) is 1. The second-order valence-electron chi connectivity index (χ2n) is 7.29. The molecule has 128 valence electrons. The molecule has 22 heavy (non-hydrogen) atoms. The summed E-state index contributed by atoms with van der Waals surface area (Å²) in [6.07, 6.45) is 2.77. The standard InChI is InChI=1S/C17H27F3O2/c1-2-3-12-4-6-13(7-5-12)14-8-10-16(11-9-14,15(21)22)17(18,19)20/h12-14H,2-11H2,1H3,(H,21,22). The van der Waals surface area contributed by atoms with Crippen molar-refractivity contribution in [1.29, 1.82) is 0 Å². The normalized spacial score (nSPS) is 37.0. The molecule has 0 radical (unpaired) electrons. The van der Waals surface area contributed by atoms with Crippen molar-refractivity contribution in [3.8, 4) is 0 Å². The molecule has 0 aliphatic heterocycles.